The SMILES string of the molecule is CC(=O)NCC1(C2=CC=CC(C)C2)CCN(C(=O)OC(C)(C)C)CC1. The molecule has 1 saturated heterocycles. The van der Waals surface area contributed by atoms with Gasteiger partial charge in [-0.25, -0.2) is 4.79 Å². The highest BCUT2D eigenvalue weighted by atomic mass is 16.6. The molecule has 1 aliphatic heterocycles. The molecule has 0 aromatic rings. The normalized spacial score (nSPS) is 23.0. The van der Waals surface area contributed by atoms with E-state index in [0.717, 1.165) is 19.3 Å². The van der Waals surface area contributed by atoms with E-state index < -0.39 is 5.60 Å². The second-order valence-corrected chi connectivity index (χ2v) is 8.42. The van der Waals surface area contributed by atoms with Gasteiger partial charge in [-0.15, -0.1) is 0 Å². The molecule has 2 rings (SSSR count). The van der Waals surface area contributed by atoms with Crippen LogP contribution in [0, 0.1) is 11.3 Å². The summed E-state index contributed by atoms with van der Waals surface area (Å²) < 4.78 is 5.50. The zero-order valence-corrected chi connectivity index (χ0v) is 16.2. The Morgan fingerprint density at radius 3 is 2.48 bits per heavy atom. The first-order chi connectivity index (χ1) is 11.6. The Morgan fingerprint density at radius 2 is 1.96 bits per heavy atom. The molecule has 0 saturated carbocycles. The lowest BCUT2D eigenvalue weighted by Crippen LogP contribution is -2.49. The molecule has 1 heterocycles. The lowest BCUT2D eigenvalue weighted by molar-refractivity contribution is -0.119. The van der Waals surface area contributed by atoms with E-state index >= 15 is 0 Å². The second kappa shape index (κ2) is 7.63. The van der Waals surface area contributed by atoms with E-state index in [1.54, 1.807) is 11.8 Å². The summed E-state index contributed by atoms with van der Waals surface area (Å²) in [6.45, 7) is 11.4. The van der Waals surface area contributed by atoms with Gasteiger partial charge in [-0.3, -0.25) is 4.79 Å². The van der Waals surface area contributed by atoms with Crippen molar-refractivity contribution in [2.45, 2.75) is 59.5 Å². The van der Waals surface area contributed by atoms with Crippen LogP contribution in [0.15, 0.2) is 23.8 Å². The molecule has 140 valence electrons. The van der Waals surface area contributed by atoms with Crippen molar-refractivity contribution in [2.75, 3.05) is 19.6 Å². The van der Waals surface area contributed by atoms with E-state index in [0.29, 0.717) is 25.6 Å². The molecule has 2 amide bonds. The van der Waals surface area contributed by atoms with Gasteiger partial charge in [0.25, 0.3) is 0 Å². The van der Waals surface area contributed by atoms with Crippen molar-refractivity contribution in [3.63, 3.8) is 0 Å². The van der Waals surface area contributed by atoms with Gasteiger partial charge >= 0.3 is 6.09 Å². The van der Waals surface area contributed by atoms with E-state index in [1.807, 2.05) is 20.8 Å². The van der Waals surface area contributed by atoms with E-state index in [-0.39, 0.29) is 17.4 Å². The summed E-state index contributed by atoms with van der Waals surface area (Å²) in [6, 6.07) is 0. The molecule has 1 aliphatic carbocycles. The van der Waals surface area contributed by atoms with Crippen LogP contribution < -0.4 is 5.32 Å². The van der Waals surface area contributed by atoms with Gasteiger partial charge in [0, 0.05) is 32.0 Å². The molecular weight excluding hydrogens is 316 g/mol. The number of carbonyl (C=O) groups is 2. The number of nitrogens with one attached hydrogen (secondary N) is 1. The maximum Gasteiger partial charge on any atom is 0.410 e. The lowest BCUT2D eigenvalue weighted by atomic mass is 9.68. The summed E-state index contributed by atoms with van der Waals surface area (Å²) in [7, 11) is 0. The largest absolute Gasteiger partial charge is 0.444 e. The third-order valence-corrected chi connectivity index (χ3v) is 5.01. The highest BCUT2D eigenvalue weighted by molar-refractivity contribution is 5.73. The molecule has 1 fully saturated rings. The second-order valence-electron chi connectivity index (χ2n) is 8.42. The Bertz CT molecular complexity index is 564. The third-order valence-electron chi connectivity index (χ3n) is 5.01. The Morgan fingerprint density at radius 1 is 1.32 bits per heavy atom. The minimum Gasteiger partial charge on any atom is -0.444 e. The fraction of sp³-hybridized carbons (Fsp3) is 0.700. The molecule has 5 nitrogen and oxygen atoms in total. The average molecular weight is 348 g/mol. The molecule has 0 bridgehead atoms. The number of rotatable bonds is 3. The number of carbonyl (C=O) groups excluding carboxylic acids is 2. The first-order valence-electron chi connectivity index (χ1n) is 9.21. The standard InChI is InChI=1S/C20H32N2O3/c1-15-7-6-8-17(13-15)20(14-21-16(2)23)9-11-22(12-10-20)18(24)25-19(3,4)5/h6-8,15H,9-14H2,1-5H3,(H,21,23). The molecule has 1 atom stereocenters. The minimum absolute atomic E-state index is 0.00560. The van der Waals surface area contributed by atoms with E-state index in [1.165, 1.54) is 5.57 Å². The molecule has 0 radical (unpaired) electrons. The number of ether oxygens (including phenoxy) is 1. The number of piperidine rings is 1. The van der Waals surface area contributed by atoms with Crippen LogP contribution in [0.3, 0.4) is 0 Å². The van der Waals surface area contributed by atoms with Crippen molar-refractivity contribution in [1.29, 1.82) is 0 Å². The molecular formula is C20H32N2O3. The molecule has 0 aromatic heterocycles. The van der Waals surface area contributed by atoms with Gasteiger partial charge in [-0.05, 0) is 46.0 Å². The number of nitrogens with zero attached hydrogens (tertiary/aromatic N) is 1. The van der Waals surface area contributed by atoms with Crippen molar-refractivity contribution < 1.29 is 14.3 Å². The van der Waals surface area contributed by atoms with E-state index in [2.05, 4.69) is 30.5 Å². The van der Waals surface area contributed by atoms with Crippen LogP contribution >= 0.6 is 0 Å². The number of likely N-dealkylation sites (tertiary alicyclic amines) is 1. The van der Waals surface area contributed by atoms with Crippen LogP contribution in [0.5, 0.6) is 0 Å². The van der Waals surface area contributed by atoms with Gasteiger partial charge in [-0.1, -0.05) is 30.7 Å². The highest BCUT2D eigenvalue weighted by Gasteiger charge is 2.40. The summed E-state index contributed by atoms with van der Waals surface area (Å²) >= 11 is 0. The average Bonchev–Trinajstić information content (AvgIpc) is 2.52. The van der Waals surface area contributed by atoms with Gasteiger partial charge in [0.1, 0.15) is 5.60 Å². The zero-order chi connectivity index (χ0) is 18.7. The van der Waals surface area contributed by atoms with Gasteiger partial charge in [0.2, 0.25) is 5.91 Å². The molecule has 1 N–H and O–H groups in total. The lowest BCUT2D eigenvalue weighted by Gasteiger charge is -2.44. The fourth-order valence-corrected chi connectivity index (χ4v) is 3.59. The molecule has 2 aliphatic rings. The van der Waals surface area contributed by atoms with Gasteiger partial charge in [-0.2, -0.15) is 0 Å². The first-order valence-corrected chi connectivity index (χ1v) is 9.21. The van der Waals surface area contributed by atoms with Crippen LogP contribution in [0.1, 0.15) is 53.9 Å². The quantitative estimate of drug-likeness (QED) is 0.847. The predicted octanol–water partition coefficient (Wildman–Crippen LogP) is 3.66. The Labute approximate surface area is 151 Å². The zero-order valence-electron chi connectivity index (χ0n) is 16.2. The minimum atomic E-state index is -0.478. The van der Waals surface area contributed by atoms with Gasteiger partial charge in [0.15, 0.2) is 0 Å². The number of hydrogen-bond donors (Lipinski definition) is 1. The highest BCUT2D eigenvalue weighted by Crippen LogP contribution is 2.42. The predicted molar refractivity (Wildman–Crippen MR) is 99.2 cm³/mol. The molecule has 1 unspecified atom stereocenters. The molecule has 25 heavy (non-hydrogen) atoms. The number of allylic oxidation sites excluding steroid dienone is 3. The van der Waals surface area contributed by atoms with Crippen LogP contribution in [0.25, 0.3) is 0 Å². The Balaban J connectivity index is 2.09. The van der Waals surface area contributed by atoms with Crippen molar-refractivity contribution >= 4 is 12.0 Å². The number of hydrogen-bond acceptors (Lipinski definition) is 3. The first kappa shape index (κ1) is 19.5. The Hall–Kier alpha value is -1.78. The van der Waals surface area contributed by atoms with Crippen molar-refractivity contribution in [2.24, 2.45) is 11.3 Å². The van der Waals surface area contributed by atoms with Crippen molar-refractivity contribution in [3.8, 4) is 0 Å². The number of amides is 2. The van der Waals surface area contributed by atoms with Gasteiger partial charge < -0.3 is 15.0 Å². The van der Waals surface area contributed by atoms with Gasteiger partial charge in [0.05, 0.1) is 0 Å². The molecule has 0 aromatic carbocycles. The van der Waals surface area contributed by atoms with Crippen molar-refractivity contribution in [3.05, 3.63) is 23.8 Å². The van der Waals surface area contributed by atoms with E-state index in [4.69, 9.17) is 4.74 Å². The summed E-state index contributed by atoms with van der Waals surface area (Å²) in [6.07, 6.45) is 9.00. The van der Waals surface area contributed by atoms with Crippen molar-refractivity contribution in [1.82, 2.24) is 10.2 Å². The van der Waals surface area contributed by atoms with Crippen LogP contribution in [-0.4, -0.2) is 42.1 Å². The summed E-state index contributed by atoms with van der Waals surface area (Å²) in [5.41, 5.74) is 0.844. The van der Waals surface area contributed by atoms with Crippen LogP contribution in [0.4, 0.5) is 4.79 Å². The summed E-state index contributed by atoms with van der Waals surface area (Å²) in [4.78, 5) is 25.6. The van der Waals surface area contributed by atoms with Crippen LogP contribution in [0.2, 0.25) is 0 Å². The third kappa shape index (κ3) is 5.35. The maximum atomic E-state index is 12.3. The Kier molecular flexibility index (Phi) is 5.96. The summed E-state index contributed by atoms with van der Waals surface area (Å²) in [5.74, 6) is 0.507. The van der Waals surface area contributed by atoms with E-state index in [9.17, 15) is 9.59 Å². The summed E-state index contributed by atoms with van der Waals surface area (Å²) in [5, 5.41) is 3.01. The smallest absolute Gasteiger partial charge is 0.410 e. The maximum absolute atomic E-state index is 12.3. The topological polar surface area (TPSA) is 58.6 Å². The molecule has 5 heteroatoms. The molecule has 0 spiro atoms. The fourth-order valence-electron chi connectivity index (χ4n) is 3.59. The van der Waals surface area contributed by atoms with Crippen LogP contribution in [-0.2, 0) is 9.53 Å². The monoisotopic (exact) mass is 348 g/mol.